The van der Waals surface area contributed by atoms with E-state index in [1.807, 2.05) is 56.4 Å². The molecule has 0 aliphatic carbocycles. The monoisotopic (exact) mass is 258 g/mol. The van der Waals surface area contributed by atoms with E-state index >= 15 is 0 Å². The van der Waals surface area contributed by atoms with E-state index in [4.69, 9.17) is 9.47 Å². The van der Waals surface area contributed by atoms with Gasteiger partial charge in [-0.2, -0.15) is 4.98 Å². The van der Waals surface area contributed by atoms with Crippen LogP contribution in [0.1, 0.15) is 12.5 Å². The minimum atomic E-state index is 0.535. The number of hydrogen-bond donors (Lipinski definition) is 1. The van der Waals surface area contributed by atoms with Crippen LogP contribution in [0.5, 0.6) is 17.5 Å². The summed E-state index contributed by atoms with van der Waals surface area (Å²) in [4.78, 5) is 4.27. The van der Waals surface area contributed by atoms with Crippen LogP contribution < -0.4 is 14.8 Å². The van der Waals surface area contributed by atoms with Gasteiger partial charge in [0.1, 0.15) is 5.75 Å². The first-order valence-corrected chi connectivity index (χ1v) is 6.33. The second-order valence-electron chi connectivity index (χ2n) is 4.03. The molecule has 0 fully saturated rings. The first-order chi connectivity index (χ1) is 9.31. The fourth-order valence-electron chi connectivity index (χ4n) is 1.72. The molecule has 0 spiro atoms. The van der Waals surface area contributed by atoms with Crippen molar-refractivity contribution in [1.82, 2.24) is 10.3 Å². The van der Waals surface area contributed by atoms with E-state index in [0.717, 1.165) is 12.3 Å². The predicted octanol–water partition coefficient (Wildman–Crippen LogP) is 2.99. The predicted molar refractivity (Wildman–Crippen MR) is 74.7 cm³/mol. The van der Waals surface area contributed by atoms with Crippen LogP contribution >= 0.6 is 0 Å². The summed E-state index contributed by atoms with van der Waals surface area (Å²) in [5, 5.41) is 3.11. The summed E-state index contributed by atoms with van der Waals surface area (Å²) in [5.74, 6) is 1.88. The quantitative estimate of drug-likeness (QED) is 0.865. The lowest BCUT2D eigenvalue weighted by atomic mass is 10.2. The molecule has 0 unspecified atom stereocenters. The lowest BCUT2D eigenvalue weighted by molar-refractivity contribution is 0.321. The van der Waals surface area contributed by atoms with E-state index in [9.17, 15) is 0 Å². The molecule has 2 rings (SSSR count). The van der Waals surface area contributed by atoms with Gasteiger partial charge < -0.3 is 14.8 Å². The number of benzene rings is 1. The lowest BCUT2D eigenvalue weighted by Crippen LogP contribution is -2.04. The summed E-state index contributed by atoms with van der Waals surface area (Å²) in [6.45, 7) is 3.33. The molecule has 0 aliphatic heterocycles. The normalized spacial score (nSPS) is 10.2. The highest BCUT2D eigenvalue weighted by Crippen LogP contribution is 2.22. The Labute approximate surface area is 113 Å². The van der Waals surface area contributed by atoms with E-state index in [-0.39, 0.29) is 0 Å². The van der Waals surface area contributed by atoms with E-state index in [1.165, 1.54) is 5.56 Å². The Morgan fingerprint density at radius 2 is 1.89 bits per heavy atom. The molecule has 4 heteroatoms. The molecule has 0 saturated carbocycles. The standard InChI is InChI=1S/C15H18N2O2/c1-3-18-14-8-5-9-15(17-14)19-13-7-4-6-12(10-13)11-16-2/h4-10,16H,3,11H2,1-2H3. The first kappa shape index (κ1) is 13.4. The Hall–Kier alpha value is -2.07. The topological polar surface area (TPSA) is 43.4 Å². The largest absolute Gasteiger partial charge is 0.478 e. The van der Waals surface area contributed by atoms with Crippen molar-refractivity contribution >= 4 is 0 Å². The minimum Gasteiger partial charge on any atom is -0.478 e. The third-order valence-electron chi connectivity index (χ3n) is 2.49. The summed E-state index contributed by atoms with van der Waals surface area (Å²) in [6, 6.07) is 13.4. The second kappa shape index (κ2) is 6.75. The highest BCUT2D eigenvalue weighted by atomic mass is 16.5. The van der Waals surface area contributed by atoms with Crippen molar-refractivity contribution in [2.45, 2.75) is 13.5 Å². The van der Waals surface area contributed by atoms with Crippen LogP contribution in [0.25, 0.3) is 0 Å². The van der Waals surface area contributed by atoms with Gasteiger partial charge in [0, 0.05) is 18.7 Å². The van der Waals surface area contributed by atoms with Crippen LogP contribution in [-0.4, -0.2) is 18.6 Å². The fraction of sp³-hybridized carbons (Fsp3) is 0.267. The van der Waals surface area contributed by atoms with Gasteiger partial charge in [0.05, 0.1) is 6.61 Å². The Morgan fingerprint density at radius 1 is 1.11 bits per heavy atom. The van der Waals surface area contributed by atoms with Crippen molar-refractivity contribution in [3.8, 4) is 17.5 Å². The molecule has 1 aromatic heterocycles. The Kier molecular flexibility index (Phi) is 4.75. The summed E-state index contributed by atoms with van der Waals surface area (Å²) < 4.78 is 11.1. The van der Waals surface area contributed by atoms with Crippen LogP contribution in [0, 0.1) is 0 Å². The zero-order valence-electron chi connectivity index (χ0n) is 11.2. The van der Waals surface area contributed by atoms with Crippen LogP contribution in [0.3, 0.4) is 0 Å². The van der Waals surface area contributed by atoms with Crippen LogP contribution in [0.2, 0.25) is 0 Å². The lowest BCUT2D eigenvalue weighted by Gasteiger charge is -2.08. The minimum absolute atomic E-state index is 0.535. The Morgan fingerprint density at radius 3 is 2.68 bits per heavy atom. The van der Waals surface area contributed by atoms with Gasteiger partial charge in [0.2, 0.25) is 11.8 Å². The molecule has 0 aliphatic rings. The summed E-state index contributed by atoms with van der Waals surface area (Å²) in [7, 11) is 1.92. The van der Waals surface area contributed by atoms with Crippen molar-refractivity contribution in [2.75, 3.05) is 13.7 Å². The molecular formula is C15H18N2O2. The maximum absolute atomic E-state index is 5.73. The first-order valence-electron chi connectivity index (χ1n) is 6.33. The Balaban J connectivity index is 2.11. The van der Waals surface area contributed by atoms with Gasteiger partial charge >= 0.3 is 0 Å². The number of ether oxygens (including phenoxy) is 2. The average molecular weight is 258 g/mol. The van der Waals surface area contributed by atoms with Gasteiger partial charge in [-0.3, -0.25) is 0 Å². The van der Waals surface area contributed by atoms with Gasteiger partial charge in [-0.1, -0.05) is 18.2 Å². The molecule has 1 heterocycles. The summed E-state index contributed by atoms with van der Waals surface area (Å²) in [5.41, 5.74) is 1.17. The van der Waals surface area contributed by atoms with Crippen molar-refractivity contribution in [1.29, 1.82) is 0 Å². The van der Waals surface area contributed by atoms with E-state index in [2.05, 4.69) is 10.3 Å². The van der Waals surface area contributed by atoms with Gasteiger partial charge in [-0.25, -0.2) is 0 Å². The molecule has 1 N–H and O–H groups in total. The van der Waals surface area contributed by atoms with Crippen molar-refractivity contribution < 1.29 is 9.47 Å². The number of nitrogens with zero attached hydrogens (tertiary/aromatic N) is 1. The average Bonchev–Trinajstić information content (AvgIpc) is 2.40. The van der Waals surface area contributed by atoms with Crippen LogP contribution in [0.15, 0.2) is 42.5 Å². The number of rotatable bonds is 6. The van der Waals surface area contributed by atoms with Gasteiger partial charge in [0.15, 0.2) is 0 Å². The molecule has 4 nitrogen and oxygen atoms in total. The highest BCUT2D eigenvalue weighted by molar-refractivity contribution is 5.32. The molecule has 0 bridgehead atoms. The summed E-state index contributed by atoms with van der Waals surface area (Å²) in [6.07, 6.45) is 0. The Bertz CT molecular complexity index is 482. The number of pyridine rings is 1. The molecule has 1 aromatic carbocycles. The van der Waals surface area contributed by atoms with Crippen LogP contribution in [0.4, 0.5) is 0 Å². The molecule has 0 atom stereocenters. The smallest absolute Gasteiger partial charge is 0.222 e. The maximum Gasteiger partial charge on any atom is 0.222 e. The fourth-order valence-corrected chi connectivity index (χ4v) is 1.72. The maximum atomic E-state index is 5.73. The van der Waals surface area contributed by atoms with E-state index in [0.29, 0.717) is 18.4 Å². The third kappa shape index (κ3) is 3.96. The van der Waals surface area contributed by atoms with Gasteiger partial charge in [0.25, 0.3) is 0 Å². The number of aromatic nitrogens is 1. The van der Waals surface area contributed by atoms with E-state index in [1.54, 1.807) is 0 Å². The van der Waals surface area contributed by atoms with Crippen molar-refractivity contribution in [2.24, 2.45) is 0 Å². The molecule has 19 heavy (non-hydrogen) atoms. The van der Waals surface area contributed by atoms with Crippen molar-refractivity contribution in [3.05, 3.63) is 48.0 Å². The molecule has 0 saturated heterocycles. The highest BCUT2D eigenvalue weighted by Gasteiger charge is 2.02. The van der Waals surface area contributed by atoms with Gasteiger partial charge in [-0.05, 0) is 31.7 Å². The second-order valence-corrected chi connectivity index (χ2v) is 4.03. The molecule has 0 radical (unpaired) electrons. The van der Waals surface area contributed by atoms with E-state index < -0.39 is 0 Å². The zero-order chi connectivity index (χ0) is 13.5. The summed E-state index contributed by atoms with van der Waals surface area (Å²) >= 11 is 0. The van der Waals surface area contributed by atoms with Crippen LogP contribution in [-0.2, 0) is 6.54 Å². The SMILES string of the molecule is CCOc1cccc(Oc2cccc(CNC)c2)n1. The number of nitrogens with one attached hydrogen (secondary N) is 1. The zero-order valence-corrected chi connectivity index (χ0v) is 11.2. The number of hydrogen-bond acceptors (Lipinski definition) is 4. The molecule has 100 valence electrons. The van der Waals surface area contributed by atoms with Crippen molar-refractivity contribution in [3.63, 3.8) is 0 Å². The van der Waals surface area contributed by atoms with Gasteiger partial charge in [-0.15, -0.1) is 0 Å². The molecular weight excluding hydrogens is 240 g/mol. The third-order valence-corrected chi connectivity index (χ3v) is 2.49. The molecule has 2 aromatic rings. The molecule has 0 amide bonds.